The predicted octanol–water partition coefficient (Wildman–Crippen LogP) is -0.145. The van der Waals surface area contributed by atoms with E-state index in [0.717, 1.165) is 0 Å². The summed E-state index contributed by atoms with van der Waals surface area (Å²) in [6, 6.07) is 8.28. The van der Waals surface area contributed by atoms with Crippen molar-refractivity contribution >= 4 is 47.3 Å². The van der Waals surface area contributed by atoms with Crippen LogP contribution in [0.1, 0.15) is 18.9 Å². The second kappa shape index (κ2) is 8.46. The lowest BCUT2D eigenvalue weighted by atomic mass is 9.84. The van der Waals surface area contributed by atoms with Gasteiger partial charge < -0.3 is 20.6 Å². The number of fused-ring (bicyclic) bond motifs is 1. The summed E-state index contributed by atoms with van der Waals surface area (Å²) in [6.45, 7) is 1.40. The first-order valence-electron chi connectivity index (χ1n) is 9.37. The van der Waals surface area contributed by atoms with Gasteiger partial charge in [0, 0.05) is 6.42 Å². The number of carboxylic acid groups (broad SMARTS) is 3. The maximum atomic E-state index is 13.0. The van der Waals surface area contributed by atoms with E-state index in [2.05, 4.69) is 5.32 Å². The third-order valence-corrected chi connectivity index (χ3v) is 6.65. The SMILES string of the molecule is CCC(=O)C1=C(C(=O)O)N2C(=O)C(NC(=O)Cc3ccccc3)(C(=O)O)[C@@H]2SC1C(=O)O. The number of benzene rings is 1. The fourth-order valence-electron chi connectivity index (χ4n) is 3.64. The highest BCUT2D eigenvalue weighted by molar-refractivity contribution is 8.01. The molecule has 1 aromatic carbocycles. The fraction of sp³-hybridized carbons (Fsp3) is 0.300. The second-order valence-corrected chi connectivity index (χ2v) is 8.24. The van der Waals surface area contributed by atoms with Crippen molar-refractivity contribution in [1.29, 1.82) is 0 Å². The van der Waals surface area contributed by atoms with Gasteiger partial charge >= 0.3 is 17.9 Å². The number of nitrogens with one attached hydrogen (secondary N) is 1. The Kier molecular flexibility index (Phi) is 6.08. The summed E-state index contributed by atoms with van der Waals surface area (Å²) in [7, 11) is 0. The van der Waals surface area contributed by atoms with Gasteiger partial charge in [-0.2, -0.15) is 0 Å². The van der Waals surface area contributed by atoms with Gasteiger partial charge in [0.2, 0.25) is 11.4 Å². The van der Waals surface area contributed by atoms with E-state index < -0.39 is 62.9 Å². The first-order valence-corrected chi connectivity index (χ1v) is 10.3. The molecule has 2 aliphatic rings. The van der Waals surface area contributed by atoms with Crippen LogP contribution in [-0.4, -0.2) is 71.9 Å². The van der Waals surface area contributed by atoms with Gasteiger partial charge in [-0.3, -0.25) is 24.1 Å². The molecule has 2 unspecified atom stereocenters. The highest BCUT2D eigenvalue weighted by Gasteiger charge is 2.72. The van der Waals surface area contributed by atoms with Crippen molar-refractivity contribution in [2.24, 2.45) is 0 Å². The Morgan fingerprint density at radius 2 is 1.72 bits per heavy atom. The van der Waals surface area contributed by atoms with E-state index in [1.54, 1.807) is 30.3 Å². The number of aliphatic carboxylic acids is 3. The molecule has 1 fully saturated rings. The molecule has 0 aromatic heterocycles. The van der Waals surface area contributed by atoms with E-state index in [4.69, 9.17) is 0 Å². The minimum absolute atomic E-state index is 0.221. The molecule has 2 aliphatic heterocycles. The quantitative estimate of drug-likeness (QED) is 0.300. The second-order valence-electron chi connectivity index (χ2n) is 7.05. The van der Waals surface area contributed by atoms with Crippen molar-refractivity contribution < 1.29 is 44.1 Å². The molecular formula is C20H18N2O9S. The van der Waals surface area contributed by atoms with Crippen LogP contribution in [0.2, 0.25) is 0 Å². The van der Waals surface area contributed by atoms with Crippen molar-refractivity contribution in [3.05, 3.63) is 47.2 Å². The molecule has 0 saturated carbocycles. The lowest BCUT2D eigenvalue weighted by molar-refractivity contribution is -0.172. The number of amides is 2. The molecule has 3 atom stereocenters. The Bertz CT molecular complexity index is 1070. The molecule has 4 N–H and O–H groups in total. The Morgan fingerprint density at radius 1 is 1.09 bits per heavy atom. The van der Waals surface area contributed by atoms with Gasteiger partial charge in [0.1, 0.15) is 16.3 Å². The molecule has 12 heteroatoms. The molecular weight excluding hydrogens is 444 g/mol. The fourth-order valence-corrected chi connectivity index (χ4v) is 5.18. The molecule has 2 heterocycles. The number of β-lactam (4-membered cyclic amide) rings is 1. The maximum absolute atomic E-state index is 13.0. The number of carbonyl (C=O) groups is 6. The van der Waals surface area contributed by atoms with Crippen LogP contribution >= 0.6 is 11.8 Å². The van der Waals surface area contributed by atoms with Gasteiger partial charge in [-0.15, -0.1) is 11.8 Å². The summed E-state index contributed by atoms with van der Waals surface area (Å²) in [5, 5.41) is 27.9. The Morgan fingerprint density at radius 3 is 2.22 bits per heavy atom. The first-order chi connectivity index (χ1) is 15.1. The molecule has 2 amide bonds. The van der Waals surface area contributed by atoms with Crippen LogP contribution in [0.25, 0.3) is 0 Å². The third-order valence-electron chi connectivity index (χ3n) is 5.11. The predicted molar refractivity (Wildman–Crippen MR) is 108 cm³/mol. The molecule has 32 heavy (non-hydrogen) atoms. The van der Waals surface area contributed by atoms with Crippen LogP contribution in [0.4, 0.5) is 0 Å². The number of carboxylic acids is 3. The Hall–Kier alpha value is -3.67. The highest BCUT2D eigenvalue weighted by atomic mass is 32.2. The number of carbonyl (C=O) groups excluding carboxylic acids is 3. The number of rotatable bonds is 8. The Balaban J connectivity index is 2.04. The lowest BCUT2D eigenvalue weighted by Gasteiger charge is -2.55. The molecule has 1 aromatic rings. The van der Waals surface area contributed by atoms with E-state index in [-0.39, 0.29) is 12.8 Å². The molecule has 1 saturated heterocycles. The van der Waals surface area contributed by atoms with Crippen LogP contribution in [0, 0.1) is 0 Å². The normalized spacial score (nSPS) is 24.3. The van der Waals surface area contributed by atoms with Crippen LogP contribution in [0.15, 0.2) is 41.6 Å². The number of nitrogens with zero attached hydrogens (tertiary/aromatic N) is 1. The smallest absolute Gasteiger partial charge is 0.353 e. The Labute approximate surface area is 185 Å². The molecule has 0 spiro atoms. The molecule has 168 valence electrons. The van der Waals surface area contributed by atoms with Gasteiger partial charge in [0.25, 0.3) is 5.91 Å². The van der Waals surface area contributed by atoms with E-state index in [0.29, 0.717) is 22.2 Å². The van der Waals surface area contributed by atoms with Gasteiger partial charge in [-0.05, 0) is 5.56 Å². The van der Waals surface area contributed by atoms with Gasteiger partial charge in [-0.25, -0.2) is 9.59 Å². The minimum Gasteiger partial charge on any atom is -0.480 e. The zero-order chi connectivity index (χ0) is 23.8. The summed E-state index contributed by atoms with van der Waals surface area (Å²) in [5.74, 6) is -7.98. The van der Waals surface area contributed by atoms with Gasteiger partial charge in [0.05, 0.1) is 12.0 Å². The van der Waals surface area contributed by atoms with Crippen molar-refractivity contribution in [2.45, 2.75) is 35.9 Å². The van der Waals surface area contributed by atoms with Gasteiger partial charge in [-0.1, -0.05) is 37.3 Å². The van der Waals surface area contributed by atoms with Gasteiger partial charge in [0.15, 0.2) is 5.78 Å². The molecule has 3 rings (SSSR count). The van der Waals surface area contributed by atoms with Crippen LogP contribution < -0.4 is 5.32 Å². The van der Waals surface area contributed by atoms with Crippen molar-refractivity contribution in [1.82, 2.24) is 10.2 Å². The minimum atomic E-state index is -2.58. The summed E-state index contributed by atoms with van der Waals surface area (Å²) >= 11 is 0.418. The number of Topliss-reactive ketones (excluding diaryl/α,β-unsaturated/α-hetero) is 1. The van der Waals surface area contributed by atoms with Crippen molar-refractivity contribution in [3.8, 4) is 0 Å². The third kappa shape index (κ3) is 3.51. The molecule has 0 bridgehead atoms. The summed E-state index contributed by atoms with van der Waals surface area (Å²) < 4.78 is 0. The topological polar surface area (TPSA) is 178 Å². The molecule has 0 aliphatic carbocycles. The van der Waals surface area contributed by atoms with Crippen LogP contribution in [0.5, 0.6) is 0 Å². The van der Waals surface area contributed by atoms with E-state index in [1.807, 2.05) is 0 Å². The highest BCUT2D eigenvalue weighted by Crippen LogP contribution is 2.49. The van der Waals surface area contributed by atoms with Crippen molar-refractivity contribution in [3.63, 3.8) is 0 Å². The van der Waals surface area contributed by atoms with Crippen molar-refractivity contribution in [2.75, 3.05) is 0 Å². The summed E-state index contributed by atoms with van der Waals surface area (Å²) in [4.78, 5) is 74.2. The number of thioether (sulfide) groups is 1. The standard InChI is InChI=1S/C20H18N2O9S/c1-2-10(23)12-13(15(25)26)22-17(29)20(19(30)31,18(22)32-14(12)16(27)28)21-11(24)8-9-6-4-3-5-7-9/h3-7,14,18H,2,8H2,1H3,(H,21,24)(H,25,26)(H,27,28)(H,30,31)/t14?,18-,20?/m0/s1. The summed E-state index contributed by atoms with van der Waals surface area (Å²) in [5.41, 5.74) is -3.52. The van der Waals surface area contributed by atoms with E-state index in [1.165, 1.54) is 6.92 Å². The number of ketones is 1. The molecule has 11 nitrogen and oxygen atoms in total. The average molecular weight is 462 g/mol. The maximum Gasteiger partial charge on any atom is 0.353 e. The monoisotopic (exact) mass is 462 g/mol. The zero-order valence-corrected chi connectivity index (χ0v) is 17.4. The van der Waals surface area contributed by atoms with E-state index in [9.17, 15) is 44.1 Å². The average Bonchev–Trinajstić information content (AvgIpc) is 2.75. The number of hydrogen-bond donors (Lipinski definition) is 4. The van der Waals surface area contributed by atoms with Crippen LogP contribution in [0.3, 0.4) is 0 Å². The lowest BCUT2D eigenvalue weighted by Crippen LogP contribution is -2.83. The zero-order valence-electron chi connectivity index (χ0n) is 16.6. The molecule has 0 radical (unpaired) electrons. The summed E-state index contributed by atoms with van der Waals surface area (Å²) in [6.07, 6.45) is -0.481. The number of hydrogen-bond acceptors (Lipinski definition) is 7. The van der Waals surface area contributed by atoms with Crippen LogP contribution in [-0.2, 0) is 35.2 Å². The van der Waals surface area contributed by atoms with E-state index >= 15 is 0 Å². The first kappa shape index (κ1) is 23.0. The largest absolute Gasteiger partial charge is 0.480 e.